The van der Waals surface area contributed by atoms with Gasteiger partial charge in [0.1, 0.15) is 24.6 Å². The van der Waals surface area contributed by atoms with Gasteiger partial charge in [0.15, 0.2) is 6.29 Å². The maximum Gasteiger partial charge on any atom is 0.303 e. The molecule has 0 aromatic carbocycles. The topological polar surface area (TPSA) is 88.1 Å². The van der Waals surface area contributed by atoms with Gasteiger partial charge in [-0.1, -0.05) is 6.92 Å². The van der Waals surface area contributed by atoms with Crippen molar-refractivity contribution in [1.82, 2.24) is 0 Å². The van der Waals surface area contributed by atoms with Crippen LogP contribution < -0.4 is 0 Å². The molecule has 4 atom stereocenters. The first-order valence-corrected chi connectivity index (χ1v) is 8.36. The van der Waals surface area contributed by atoms with E-state index in [1.807, 2.05) is 6.92 Å². The molecule has 1 saturated heterocycles. The Hall–Kier alpha value is -1.47. The molecule has 24 heavy (non-hydrogen) atoms. The van der Waals surface area contributed by atoms with Gasteiger partial charge in [-0.15, -0.1) is 0 Å². The second-order valence-corrected chi connectivity index (χ2v) is 6.22. The van der Waals surface area contributed by atoms with Crippen molar-refractivity contribution in [1.29, 1.82) is 0 Å². The molecule has 1 aliphatic rings. The molecule has 4 unspecified atom stereocenters. The van der Waals surface area contributed by atoms with E-state index in [-0.39, 0.29) is 18.3 Å². The summed E-state index contributed by atoms with van der Waals surface area (Å²) in [6.45, 7) is 6.68. The maximum atomic E-state index is 11.3. The van der Waals surface area contributed by atoms with Gasteiger partial charge < -0.3 is 23.7 Å². The van der Waals surface area contributed by atoms with Crippen LogP contribution in [0, 0.1) is 5.92 Å². The Bertz CT molecular complexity index is 435. The van der Waals surface area contributed by atoms with Crippen LogP contribution in [0.5, 0.6) is 0 Å². The lowest BCUT2D eigenvalue weighted by atomic mass is 9.93. The zero-order chi connectivity index (χ0) is 18.1. The number of esters is 2. The van der Waals surface area contributed by atoms with Gasteiger partial charge >= 0.3 is 11.9 Å². The summed E-state index contributed by atoms with van der Waals surface area (Å²) < 4.78 is 21.8. The number of Topliss-reactive ketones (excluding diaryl/α,β-unsaturated/α-hetero) is 1. The van der Waals surface area contributed by atoms with Crippen molar-refractivity contribution in [2.75, 3.05) is 13.2 Å². The average molecular weight is 344 g/mol. The SMILES string of the molecule is CC(=O)CCCCOC1CC(C)C(OC(C)=O)C(COC(C)=O)O1. The highest BCUT2D eigenvalue weighted by Crippen LogP contribution is 2.29. The summed E-state index contributed by atoms with van der Waals surface area (Å²) in [7, 11) is 0. The summed E-state index contributed by atoms with van der Waals surface area (Å²) in [5.41, 5.74) is 0. The normalized spacial score (nSPS) is 26.7. The van der Waals surface area contributed by atoms with Crippen molar-refractivity contribution >= 4 is 17.7 Å². The molecule has 0 amide bonds. The highest BCUT2D eigenvalue weighted by molar-refractivity contribution is 5.75. The number of carbonyl (C=O) groups is 3. The lowest BCUT2D eigenvalue weighted by Gasteiger charge is -2.39. The Labute approximate surface area is 143 Å². The van der Waals surface area contributed by atoms with Crippen LogP contribution >= 0.6 is 0 Å². The highest BCUT2D eigenvalue weighted by Gasteiger charge is 2.39. The van der Waals surface area contributed by atoms with Crippen LogP contribution in [0.15, 0.2) is 0 Å². The zero-order valence-corrected chi connectivity index (χ0v) is 14.9. The number of carbonyl (C=O) groups excluding carboxylic acids is 3. The summed E-state index contributed by atoms with van der Waals surface area (Å²) in [6.07, 6.45) is 1.23. The third kappa shape index (κ3) is 7.88. The second-order valence-electron chi connectivity index (χ2n) is 6.22. The van der Waals surface area contributed by atoms with Gasteiger partial charge in [-0.25, -0.2) is 0 Å². The molecule has 0 spiro atoms. The minimum absolute atomic E-state index is 0.0157. The van der Waals surface area contributed by atoms with Crippen LogP contribution in [0.25, 0.3) is 0 Å². The fourth-order valence-electron chi connectivity index (χ4n) is 2.65. The van der Waals surface area contributed by atoms with Crippen LogP contribution in [0.3, 0.4) is 0 Å². The highest BCUT2D eigenvalue weighted by atomic mass is 16.7. The van der Waals surface area contributed by atoms with Crippen molar-refractivity contribution < 1.29 is 33.3 Å². The molecule has 0 aromatic heterocycles. The molecule has 0 radical (unpaired) electrons. The number of ether oxygens (including phenoxy) is 4. The number of unbranched alkanes of at least 4 members (excludes halogenated alkanes) is 1. The molecule has 0 saturated carbocycles. The van der Waals surface area contributed by atoms with Crippen molar-refractivity contribution in [2.24, 2.45) is 5.92 Å². The van der Waals surface area contributed by atoms with Gasteiger partial charge in [0.05, 0.1) is 0 Å². The third-order valence-electron chi connectivity index (χ3n) is 3.80. The smallest absolute Gasteiger partial charge is 0.303 e. The lowest BCUT2D eigenvalue weighted by molar-refractivity contribution is -0.251. The Morgan fingerprint density at radius 1 is 1.08 bits per heavy atom. The molecule has 1 heterocycles. The van der Waals surface area contributed by atoms with E-state index in [0.717, 1.165) is 12.8 Å². The molecule has 1 fully saturated rings. The van der Waals surface area contributed by atoms with Crippen molar-refractivity contribution in [3.8, 4) is 0 Å². The van der Waals surface area contributed by atoms with Gasteiger partial charge in [-0.05, 0) is 19.8 Å². The predicted octanol–water partition coefficient (Wildman–Crippen LogP) is 2.01. The third-order valence-corrected chi connectivity index (χ3v) is 3.80. The summed E-state index contributed by atoms with van der Waals surface area (Å²) in [5.74, 6) is -0.624. The number of ketones is 1. The van der Waals surface area contributed by atoms with Gasteiger partial charge in [0, 0.05) is 39.2 Å². The van der Waals surface area contributed by atoms with E-state index in [1.165, 1.54) is 13.8 Å². The van der Waals surface area contributed by atoms with Crippen LogP contribution in [0.1, 0.15) is 53.4 Å². The van der Waals surface area contributed by atoms with Gasteiger partial charge in [-0.2, -0.15) is 0 Å². The standard InChI is InChI=1S/C17H28O7/c1-11-9-16(21-8-6-5-7-12(2)18)24-15(10-22-13(3)19)17(11)23-14(4)20/h11,15-17H,5-10H2,1-4H3. The maximum absolute atomic E-state index is 11.3. The van der Waals surface area contributed by atoms with E-state index in [0.29, 0.717) is 19.4 Å². The van der Waals surface area contributed by atoms with Crippen LogP contribution in [0.4, 0.5) is 0 Å². The molecule has 1 rings (SSSR count). The molecular weight excluding hydrogens is 316 g/mol. The minimum atomic E-state index is -0.552. The zero-order valence-electron chi connectivity index (χ0n) is 14.9. The van der Waals surface area contributed by atoms with Gasteiger partial charge in [0.25, 0.3) is 0 Å². The predicted molar refractivity (Wildman–Crippen MR) is 85.1 cm³/mol. The Morgan fingerprint density at radius 2 is 1.79 bits per heavy atom. The first kappa shape index (κ1) is 20.6. The molecule has 0 aromatic rings. The lowest BCUT2D eigenvalue weighted by Crippen LogP contribution is -2.49. The molecular formula is C17H28O7. The summed E-state index contributed by atoms with van der Waals surface area (Å²) >= 11 is 0. The fraction of sp³-hybridized carbons (Fsp3) is 0.824. The molecule has 0 bridgehead atoms. The Balaban J connectivity index is 2.50. The van der Waals surface area contributed by atoms with E-state index in [4.69, 9.17) is 18.9 Å². The van der Waals surface area contributed by atoms with Crippen LogP contribution in [-0.2, 0) is 33.3 Å². The molecule has 0 aliphatic carbocycles. The molecule has 0 N–H and O–H groups in total. The molecule has 1 aliphatic heterocycles. The van der Waals surface area contributed by atoms with E-state index in [1.54, 1.807) is 6.92 Å². The summed E-state index contributed by atoms with van der Waals surface area (Å²) in [6, 6.07) is 0. The van der Waals surface area contributed by atoms with Crippen molar-refractivity contribution in [3.05, 3.63) is 0 Å². The van der Waals surface area contributed by atoms with Gasteiger partial charge in [-0.3, -0.25) is 9.59 Å². The van der Waals surface area contributed by atoms with Gasteiger partial charge in [0.2, 0.25) is 0 Å². The molecule has 7 heteroatoms. The fourth-order valence-corrected chi connectivity index (χ4v) is 2.65. The van der Waals surface area contributed by atoms with E-state index >= 15 is 0 Å². The number of rotatable bonds is 9. The largest absolute Gasteiger partial charge is 0.463 e. The summed E-state index contributed by atoms with van der Waals surface area (Å²) in [4.78, 5) is 33.2. The Morgan fingerprint density at radius 3 is 2.38 bits per heavy atom. The van der Waals surface area contributed by atoms with Crippen LogP contribution in [0.2, 0.25) is 0 Å². The van der Waals surface area contributed by atoms with Crippen molar-refractivity contribution in [3.63, 3.8) is 0 Å². The average Bonchev–Trinajstić information content (AvgIpc) is 2.47. The monoisotopic (exact) mass is 344 g/mol. The first-order valence-electron chi connectivity index (χ1n) is 8.36. The molecule has 7 nitrogen and oxygen atoms in total. The number of hydrogen-bond acceptors (Lipinski definition) is 7. The molecule has 138 valence electrons. The van der Waals surface area contributed by atoms with Crippen LogP contribution in [-0.4, -0.2) is 49.4 Å². The second kappa shape index (κ2) is 10.4. The quantitative estimate of drug-likeness (QED) is 0.467. The first-order chi connectivity index (χ1) is 11.3. The summed E-state index contributed by atoms with van der Waals surface area (Å²) in [5, 5.41) is 0. The number of hydrogen-bond donors (Lipinski definition) is 0. The van der Waals surface area contributed by atoms with E-state index < -0.39 is 30.4 Å². The Kier molecular flexibility index (Phi) is 8.92. The van der Waals surface area contributed by atoms with Crippen molar-refractivity contribution in [2.45, 2.75) is 71.9 Å². The minimum Gasteiger partial charge on any atom is -0.463 e. The van der Waals surface area contributed by atoms with E-state index in [9.17, 15) is 14.4 Å². The van der Waals surface area contributed by atoms with E-state index in [2.05, 4.69) is 0 Å².